The minimum Gasteiger partial charge on any atom is -0.465 e. The van der Waals surface area contributed by atoms with Gasteiger partial charge in [0.15, 0.2) is 6.10 Å². The van der Waals surface area contributed by atoms with Gasteiger partial charge in [-0.1, -0.05) is 0 Å². The largest absolute Gasteiger partial charge is 0.465 e. The molecule has 0 unspecified atom stereocenters. The maximum absolute atomic E-state index is 12.6. The number of aromatic amines is 1. The molecule has 2 aromatic heterocycles. The molecule has 10 heteroatoms. The molecular formula is C19H25N3O6S. The zero-order valence-corrected chi connectivity index (χ0v) is 18.0. The molecule has 1 aliphatic rings. The quantitative estimate of drug-likeness (QED) is 0.739. The first-order valence-electron chi connectivity index (χ1n) is 9.26. The van der Waals surface area contributed by atoms with E-state index < -0.39 is 23.6 Å². The number of esters is 2. The molecule has 1 N–H and O–H groups in total. The lowest BCUT2D eigenvalue weighted by molar-refractivity contribution is -0.174. The van der Waals surface area contributed by atoms with Crippen molar-refractivity contribution in [2.75, 3.05) is 26.8 Å². The van der Waals surface area contributed by atoms with Crippen LogP contribution in [0, 0.1) is 6.92 Å². The zero-order valence-electron chi connectivity index (χ0n) is 17.2. The predicted octanol–water partition coefficient (Wildman–Crippen LogP) is 1.62. The SMILES string of the molecule is COC(=O)c1sc2nc(CN3CCO[C@@H](C(=O)OC(C)(C)C)C3)[nH]c(=O)c2c1C. The van der Waals surface area contributed by atoms with E-state index in [4.69, 9.17) is 14.2 Å². The second-order valence-corrected chi connectivity index (χ2v) is 8.87. The Labute approximate surface area is 172 Å². The molecule has 0 aromatic carbocycles. The molecule has 9 nitrogen and oxygen atoms in total. The van der Waals surface area contributed by atoms with Gasteiger partial charge in [0, 0.05) is 13.1 Å². The number of nitrogens with zero attached hydrogens (tertiary/aromatic N) is 2. The number of carbonyl (C=O) groups excluding carboxylic acids is 2. The van der Waals surface area contributed by atoms with Crippen LogP contribution in [0.5, 0.6) is 0 Å². The van der Waals surface area contributed by atoms with Crippen molar-refractivity contribution in [1.29, 1.82) is 0 Å². The summed E-state index contributed by atoms with van der Waals surface area (Å²) in [5.74, 6) is -0.430. The van der Waals surface area contributed by atoms with E-state index in [1.54, 1.807) is 27.7 Å². The molecular weight excluding hydrogens is 398 g/mol. The summed E-state index contributed by atoms with van der Waals surface area (Å²) in [7, 11) is 1.30. The number of rotatable bonds is 4. The molecule has 0 bridgehead atoms. The number of aromatic nitrogens is 2. The summed E-state index contributed by atoms with van der Waals surface area (Å²) in [6.45, 7) is 8.78. The third-order valence-electron chi connectivity index (χ3n) is 4.41. The fourth-order valence-electron chi connectivity index (χ4n) is 3.12. The molecule has 1 aliphatic heterocycles. The normalized spacial score (nSPS) is 18.0. The van der Waals surface area contributed by atoms with Gasteiger partial charge in [-0.15, -0.1) is 11.3 Å². The molecule has 1 fully saturated rings. The van der Waals surface area contributed by atoms with Crippen LogP contribution in [-0.4, -0.2) is 65.3 Å². The summed E-state index contributed by atoms with van der Waals surface area (Å²) in [5.41, 5.74) is -0.325. The van der Waals surface area contributed by atoms with Crippen LogP contribution in [0.15, 0.2) is 4.79 Å². The van der Waals surface area contributed by atoms with Gasteiger partial charge in [0.1, 0.15) is 21.1 Å². The number of morpholine rings is 1. The van der Waals surface area contributed by atoms with E-state index in [1.807, 2.05) is 4.90 Å². The van der Waals surface area contributed by atoms with Crippen molar-refractivity contribution in [3.63, 3.8) is 0 Å². The number of aryl methyl sites for hydroxylation is 1. The van der Waals surface area contributed by atoms with Crippen molar-refractivity contribution in [3.05, 3.63) is 26.6 Å². The summed E-state index contributed by atoms with van der Waals surface area (Å²) in [5, 5.41) is 0.396. The van der Waals surface area contributed by atoms with Crippen LogP contribution in [-0.2, 0) is 25.5 Å². The smallest absolute Gasteiger partial charge is 0.348 e. The number of methoxy groups -OCH3 is 1. The second-order valence-electron chi connectivity index (χ2n) is 7.87. The van der Waals surface area contributed by atoms with E-state index in [0.29, 0.717) is 52.7 Å². The van der Waals surface area contributed by atoms with E-state index in [-0.39, 0.29) is 5.56 Å². The first-order valence-corrected chi connectivity index (χ1v) is 10.1. The molecule has 0 amide bonds. The van der Waals surface area contributed by atoms with Gasteiger partial charge in [-0.3, -0.25) is 9.69 Å². The Morgan fingerprint density at radius 1 is 1.38 bits per heavy atom. The Bertz CT molecular complexity index is 990. The minimum absolute atomic E-state index is 0.300. The van der Waals surface area contributed by atoms with Crippen LogP contribution < -0.4 is 5.56 Å². The standard InChI is InChI=1S/C19H25N3O6S/c1-10-13-15(23)20-12(21-16(13)29-14(10)18(25)26-5)9-22-6-7-27-11(8-22)17(24)28-19(2,3)4/h11H,6-9H2,1-5H3,(H,20,21,23)/t11-/m1/s1. The number of H-pyrrole nitrogens is 1. The second kappa shape index (κ2) is 8.21. The summed E-state index contributed by atoms with van der Waals surface area (Å²) >= 11 is 1.14. The van der Waals surface area contributed by atoms with Crippen LogP contribution >= 0.6 is 11.3 Å². The third-order valence-corrected chi connectivity index (χ3v) is 5.58. The van der Waals surface area contributed by atoms with Gasteiger partial charge in [0.2, 0.25) is 0 Å². The number of thiophene rings is 1. The van der Waals surface area contributed by atoms with Gasteiger partial charge < -0.3 is 19.2 Å². The Morgan fingerprint density at radius 3 is 2.76 bits per heavy atom. The predicted molar refractivity (Wildman–Crippen MR) is 107 cm³/mol. The Hall–Kier alpha value is -2.30. The minimum atomic E-state index is -0.687. The van der Waals surface area contributed by atoms with Gasteiger partial charge in [0.25, 0.3) is 5.56 Å². The van der Waals surface area contributed by atoms with Gasteiger partial charge in [-0.25, -0.2) is 14.6 Å². The zero-order chi connectivity index (χ0) is 21.3. The summed E-state index contributed by atoms with van der Waals surface area (Å²) in [4.78, 5) is 46.9. The van der Waals surface area contributed by atoms with Crippen molar-refractivity contribution in [1.82, 2.24) is 14.9 Å². The monoisotopic (exact) mass is 423 g/mol. The average Bonchev–Trinajstić information content (AvgIpc) is 2.97. The Balaban J connectivity index is 1.78. The summed E-state index contributed by atoms with van der Waals surface area (Å²) in [6, 6.07) is 0. The fraction of sp³-hybridized carbons (Fsp3) is 0.579. The highest BCUT2D eigenvalue weighted by Gasteiger charge is 2.31. The van der Waals surface area contributed by atoms with Gasteiger partial charge in [0.05, 0.1) is 25.6 Å². The van der Waals surface area contributed by atoms with E-state index in [0.717, 1.165) is 11.3 Å². The number of ether oxygens (including phenoxy) is 3. The summed E-state index contributed by atoms with van der Waals surface area (Å²) in [6.07, 6.45) is -0.687. The van der Waals surface area contributed by atoms with Crippen molar-refractivity contribution in [3.8, 4) is 0 Å². The average molecular weight is 423 g/mol. The number of hydrogen-bond acceptors (Lipinski definition) is 9. The van der Waals surface area contributed by atoms with E-state index >= 15 is 0 Å². The van der Waals surface area contributed by atoms with Crippen molar-refractivity contribution < 1.29 is 23.8 Å². The maximum Gasteiger partial charge on any atom is 0.348 e. The lowest BCUT2D eigenvalue weighted by atomic mass is 10.2. The molecule has 0 saturated carbocycles. The van der Waals surface area contributed by atoms with Crippen molar-refractivity contribution in [2.45, 2.75) is 45.9 Å². The number of fused-ring (bicyclic) bond motifs is 1. The molecule has 3 rings (SSSR count). The first-order chi connectivity index (χ1) is 13.6. The number of nitrogens with one attached hydrogen (secondary N) is 1. The third kappa shape index (κ3) is 4.82. The van der Waals surface area contributed by atoms with Gasteiger partial charge >= 0.3 is 11.9 Å². The molecule has 2 aromatic rings. The maximum atomic E-state index is 12.6. The topological polar surface area (TPSA) is 111 Å². The first kappa shape index (κ1) is 21.4. The van der Waals surface area contributed by atoms with E-state index in [9.17, 15) is 14.4 Å². The highest BCUT2D eigenvalue weighted by molar-refractivity contribution is 7.20. The molecule has 3 heterocycles. The van der Waals surface area contributed by atoms with Crippen molar-refractivity contribution in [2.24, 2.45) is 0 Å². The van der Waals surface area contributed by atoms with Gasteiger partial charge in [-0.2, -0.15) is 0 Å². The van der Waals surface area contributed by atoms with Gasteiger partial charge in [-0.05, 0) is 33.3 Å². The lowest BCUT2D eigenvalue weighted by Gasteiger charge is -2.32. The molecule has 0 radical (unpaired) electrons. The van der Waals surface area contributed by atoms with Crippen LogP contribution in [0.2, 0.25) is 0 Å². The molecule has 1 atom stereocenters. The van der Waals surface area contributed by atoms with E-state index in [1.165, 1.54) is 7.11 Å². The molecule has 1 saturated heterocycles. The molecule has 0 aliphatic carbocycles. The summed E-state index contributed by atoms with van der Waals surface area (Å²) < 4.78 is 15.7. The Kier molecular flexibility index (Phi) is 6.06. The highest BCUT2D eigenvalue weighted by Crippen LogP contribution is 2.27. The molecule has 158 valence electrons. The molecule has 29 heavy (non-hydrogen) atoms. The van der Waals surface area contributed by atoms with Crippen LogP contribution in [0.3, 0.4) is 0 Å². The highest BCUT2D eigenvalue weighted by atomic mass is 32.1. The number of carbonyl (C=O) groups is 2. The van der Waals surface area contributed by atoms with Crippen LogP contribution in [0.25, 0.3) is 10.2 Å². The lowest BCUT2D eigenvalue weighted by Crippen LogP contribution is -2.47. The van der Waals surface area contributed by atoms with Crippen LogP contribution in [0.4, 0.5) is 0 Å². The number of hydrogen-bond donors (Lipinski definition) is 1. The van der Waals surface area contributed by atoms with Crippen molar-refractivity contribution >= 4 is 33.5 Å². The molecule has 0 spiro atoms. The Morgan fingerprint density at radius 2 is 2.10 bits per heavy atom. The van der Waals surface area contributed by atoms with E-state index in [2.05, 4.69) is 9.97 Å². The van der Waals surface area contributed by atoms with Crippen LogP contribution in [0.1, 0.15) is 41.8 Å². The fourth-order valence-corrected chi connectivity index (χ4v) is 4.24.